The van der Waals surface area contributed by atoms with Crippen LogP contribution in [-0.4, -0.2) is 314 Å². The minimum absolute atomic E-state index is 0. The minimum atomic E-state index is -5.39. The van der Waals surface area contributed by atoms with Crippen molar-refractivity contribution >= 4 is 314 Å². The van der Waals surface area contributed by atoms with E-state index in [0.717, 1.165) is 0 Å². The predicted octanol–water partition coefficient (Wildman–Crippen LogP) is -33.4. The molecular formula is H17Ca4Fe4Mg4Mn4O49P9. The van der Waals surface area contributed by atoms with Crippen LogP contribution in [0.4, 0.5) is 0 Å². The number of hydrogen-bond acceptors (Lipinski definition) is 45. The van der Waals surface area contributed by atoms with E-state index in [9.17, 15) is 0 Å². The Balaban J connectivity index is -0.00000000522. The average Bonchev–Trinajstić information content (AvgIpc) is 2.26. The van der Waals surface area contributed by atoms with Crippen LogP contribution in [0.5, 0.6) is 0 Å². The number of hydrogen-bond donors (Lipinski definition) is 0. The first-order chi connectivity index (χ1) is 18.0. The second-order valence-corrected chi connectivity index (χ2v) is 12.1. The average molecular weight is 1780 g/mol. The van der Waals surface area contributed by atoms with Gasteiger partial charge in [-0.3, -0.25) is 0 Å². The van der Waals surface area contributed by atoms with Gasteiger partial charge in [0, 0.05) is 0 Å². The molecule has 0 saturated carbocycles. The molecule has 8 radical (unpaired) electrons. The van der Waals surface area contributed by atoms with Crippen LogP contribution in [0.1, 0.15) is 0 Å². The molecule has 0 rings (SSSR count). The molecule has 432 valence electrons. The predicted molar refractivity (Wildman–Crippen MR) is 146 cm³/mol. The Morgan fingerprint density at radius 3 is 0.162 bits per heavy atom. The van der Waals surface area contributed by atoms with Crippen LogP contribution >= 0.6 is 70.4 Å². The first kappa shape index (κ1) is 268. The summed E-state index contributed by atoms with van der Waals surface area (Å²) in [5.41, 5.74) is 0. The Morgan fingerprint density at radius 1 is 0.162 bits per heavy atom. The van der Waals surface area contributed by atoms with E-state index in [1.54, 1.807) is 0 Å². The van der Waals surface area contributed by atoms with Crippen molar-refractivity contribution < 1.29 is 381 Å². The van der Waals surface area contributed by atoms with Crippen molar-refractivity contribution in [3.8, 4) is 0 Å². The summed E-state index contributed by atoms with van der Waals surface area (Å²) in [5, 5.41) is 0. The molecule has 0 aromatic heterocycles. The smallest absolute Gasteiger partial charge is 0.870 e. The van der Waals surface area contributed by atoms with Gasteiger partial charge in [-0.05, 0) is 0 Å². The third kappa shape index (κ3) is 3670. The van der Waals surface area contributed by atoms with Crippen LogP contribution in [0.15, 0.2) is 0 Å². The molecule has 74 heteroatoms. The fourth-order valence-corrected chi connectivity index (χ4v) is 0. The Hall–Kier alpha value is 12.7. The van der Waals surface area contributed by atoms with E-state index in [-0.39, 0.29) is 451 Å². The molecular weight excluding hydrogens is 1760 g/mol. The maximum atomic E-state index is 8.55. The monoisotopic (exact) mass is 1780 g/mol. The zero-order valence-corrected chi connectivity index (χ0v) is 65.0. The topological polar surface area (TPSA) is 1170 Å². The van der Waals surface area contributed by atoms with Crippen LogP contribution in [-0.2, 0) is 178 Å². The van der Waals surface area contributed by atoms with Gasteiger partial charge in [-0.2, -0.15) is 70.4 Å². The first-order valence-corrected chi connectivity index (χ1v) is 19.7. The Morgan fingerprint density at radius 2 is 0.162 bits per heavy atom. The Bertz CT molecular complexity index is 825. The van der Waals surface area contributed by atoms with Gasteiger partial charge < -0.3 is 244 Å². The van der Waals surface area contributed by atoms with E-state index in [4.69, 9.17) is 173 Å². The van der Waals surface area contributed by atoms with Gasteiger partial charge in [0.05, 0.1) is 0 Å². The summed E-state index contributed by atoms with van der Waals surface area (Å²) in [5.74, 6) is 0. The van der Waals surface area contributed by atoms with Crippen LogP contribution in [0.25, 0.3) is 0 Å². The summed E-state index contributed by atoms with van der Waals surface area (Å²) in [7, 11) is -48.5. The molecule has 74 heavy (non-hydrogen) atoms. The zero-order chi connectivity index (χ0) is 40.5. The molecule has 0 atom stereocenters. The molecule has 0 unspecified atom stereocenters. The molecule has 0 aliphatic heterocycles. The summed E-state index contributed by atoms with van der Waals surface area (Å²) in [6.45, 7) is 0. The van der Waals surface area contributed by atoms with E-state index >= 15 is 0 Å². The Kier molecular flexibility index (Phi) is 501. The van der Waals surface area contributed by atoms with E-state index < -0.39 is 70.4 Å². The molecule has 0 heterocycles. The van der Waals surface area contributed by atoms with Crippen molar-refractivity contribution in [3.63, 3.8) is 0 Å². The maximum absolute atomic E-state index is 8.55. The molecule has 0 spiro atoms. The van der Waals surface area contributed by atoms with Gasteiger partial charge in [0.1, 0.15) is 0 Å². The molecule has 0 aliphatic rings. The van der Waals surface area contributed by atoms with E-state index in [2.05, 4.69) is 0 Å². The van der Waals surface area contributed by atoms with Crippen molar-refractivity contribution in [1.29, 1.82) is 0 Å². The molecule has 0 aliphatic carbocycles. The van der Waals surface area contributed by atoms with E-state index in [1.165, 1.54) is 0 Å². The maximum Gasteiger partial charge on any atom is 3.00 e. The quantitative estimate of drug-likeness (QED) is 0.160. The third-order valence-corrected chi connectivity index (χ3v) is 0. The minimum Gasteiger partial charge on any atom is -0.870 e. The molecule has 0 aromatic rings. The van der Waals surface area contributed by atoms with Crippen LogP contribution < -0.4 is 132 Å². The largest absolute Gasteiger partial charge is 3.00 e. The van der Waals surface area contributed by atoms with Crippen LogP contribution in [0.2, 0.25) is 0 Å². The molecule has 0 bridgehead atoms. The summed E-state index contributed by atoms with van der Waals surface area (Å²) < 4.78 is 76.9. The Labute approximate surface area is 681 Å². The fraction of sp³-hybridized carbons (Fsp3) is 0. The standard InChI is InChI=1S/4Ca.4Fe.4Mg.4Mn.9H3O4P.13H2O/c;;;;;;;;;;;;;;;;9*1-5(2,3)4;;;;;;;;;;;;;/h;;;;;;;;;;;;;;;;9*(H3,1,2,3,4);13*1H2/q4*+2;4*+3;8*+2;;;;;;;;;;;;;;;;;;;;;;/p-36. The third-order valence-electron chi connectivity index (χ3n) is 0. The van der Waals surface area contributed by atoms with Crippen molar-refractivity contribution in [1.82, 2.24) is 0 Å². The van der Waals surface area contributed by atoms with Gasteiger partial charge in [-0.15, -0.1) is 0 Å². The van der Waals surface area contributed by atoms with Gasteiger partial charge in [0.25, 0.3) is 0 Å². The summed E-state index contributed by atoms with van der Waals surface area (Å²) >= 11 is 0. The summed E-state index contributed by atoms with van der Waals surface area (Å²) in [4.78, 5) is 231. The van der Waals surface area contributed by atoms with Gasteiger partial charge >= 0.3 is 380 Å². The molecule has 17 N–H and O–H groups in total. The SMILES string of the molecule is O.O.O.O.O=P([O-])([O-])[O-].O=P([O-])([O-])[O-].O=P([O-])([O-])[O-].O=P([O-])([O-])[O-].O=P([O-])([O-])[O-].O=P([O-])([O-])[O-].O=P([O-])([O-])[O-].O=P([O-])([O-])[O-].O=P([O-])([O-])[O-].[Ca+2].[Ca+2].[Ca+2].[Ca+2].[Fe+3].[Fe+3].[Fe+3].[Fe+3].[Mg+2].[Mg+2].[Mg+2].[Mg+2].[Mn+2].[Mn+2].[Mn+2].[Mn+2].[OH-].[OH-].[OH-].[OH-].[OH-].[OH-].[OH-].[OH-].[OH-]. The zero-order valence-electron chi connectivity index (χ0n) is 33.3. The van der Waals surface area contributed by atoms with Crippen molar-refractivity contribution in [2.75, 3.05) is 0 Å². The van der Waals surface area contributed by atoms with E-state index in [1.807, 2.05) is 0 Å². The fourth-order valence-electron chi connectivity index (χ4n) is 0. The number of phosphoric acid groups is 9. The van der Waals surface area contributed by atoms with Crippen LogP contribution in [0, 0.1) is 0 Å². The van der Waals surface area contributed by atoms with Crippen molar-refractivity contribution in [3.05, 3.63) is 0 Å². The molecule has 0 amide bonds. The summed E-state index contributed by atoms with van der Waals surface area (Å²) in [6.07, 6.45) is 0. The summed E-state index contributed by atoms with van der Waals surface area (Å²) in [6, 6.07) is 0. The second-order valence-electron chi connectivity index (χ2n) is 4.02. The van der Waals surface area contributed by atoms with Crippen molar-refractivity contribution in [2.24, 2.45) is 0 Å². The van der Waals surface area contributed by atoms with Gasteiger partial charge in [0.2, 0.25) is 0 Å². The van der Waals surface area contributed by atoms with Crippen molar-refractivity contribution in [2.45, 2.75) is 0 Å². The first-order valence-electron chi connectivity index (χ1n) is 6.57. The van der Waals surface area contributed by atoms with E-state index in [0.29, 0.717) is 0 Å². The molecule has 0 saturated heterocycles. The molecule has 0 fully saturated rings. The van der Waals surface area contributed by atoms with Gasteiger partial charge in [-0.25, -0.2) is 0 Å². The number of rotatable bonds is 0. The van der Waals surface area contributed by atoms with Gasteiger partial charge in [0.15, 0.2) is 0 Å². The molecule has 0 aromatic carbocycles. The van der Waals surface area contributed by atoms with Crippen LogP contribution in [0.3, 0.4) is 0 Å². The molecule has 49 nitrogen and oxygen atoms in total. The normalized spacial score (nSPS) is 7.18. The second kappa shape index (κ2) is 138. The van der Waals surface area contributed by atoms with Gasteiger partial charge in [-0.1, -0.05) is 0 Å².